The fraction of sp³-hybridized carbons (Fsp3) is 0.385. The van der Waals surface area contributed by atoms with Gasteiger partial charge in [-0.15, -0.1) is 0 Å². The molecule has 0 aliphatic rings. The third-order valence-corrected chi connectivity index (χ3v) is 2.40. The number of aromatic nitrogens is 1. The Kier molecular flexibility index (Phi) is 4.22. The van der Waals surface area contributed by atoms with E-state index in [9.17, 15) is 0 Å². The van der Waals surface area contributed by atoms with E-state index in [2.05, 4.69) is 17.1 Å². The Hall–Kier alpha value is -1.44. The van der Waals surface area contributed by atoms with Gasteiger partial charge in [0.2, 0.25) is 0 Å². The van der Waals surface area contributed by atoms with Crippen molar-refractivity contribution in [1.29, 1.82) is 5.41 Å². The van der Waals surface area contributed by atoms with Gasteiger partial charge in [-0.3, -0.25) is 4.98 Å². The van der Waals surface area contributed by atoms with Crippen LogP contribution in [0, 0.1) is 12.3 Å². The smallest absolute Gasteiger partial charge is 0.0373 e. The fourth-order valence-electron chi connectivity index (χ4n) is 1.44. The van der Waals surface area contributed by atoms with E-state index in [4.69, 9.17) is 5.41 Å². The molecule has 0 amide bonds. The van der Waals surface area contributed by atoms with Crippen molar-refractivity contribution in [1.82, 2.24) is 4.98 Å². The second-order valence-corrected chi connectivity index (χ2v) is 3.78. The molecule has 0 aliphatic carbocycles. The number of aryl methyl sites for hydroxylation is 1. The van der Waals surface area contributed by atoms with Crippen LogP contribution in [0.25, 0.3) is 5.57 Å². The zero-order valence-corrected chi connectivity index (χ0v) is 9.67. The van der Waals surface area contributed by atoms with E-state index < -0.39 is 0 Å². The predicted octanol–water partition coefficient (Wildman–Crippen LogP) is 3.61. The van der Waals surface area contributed by atoms with Crippen LogP contribution in [0.4, 0.5) is 0 Å². The van der Waals surface area contributed by atoms with Crippen molar-refractivity contribution >= 4 is 11.3 Å². The van der Waals surface area contributed by atoms with Crippen molar-refractivity contribution in [3.63, 3.8) is 0 Å². The first kappa shape index (κ1) is 11.6. The molecule has 1 N–H and O–H groups in total. The van der Waals surface area contributed by atoms with Gasteiger partial charge in [0, 0.05) is 17.6 Å². The van der Waals surface area contributed by atoms with Gasteiger partial charge in [0.1, 0.15) is 0 Å². The van der Waals surface area contributed by atoms with E-state index >= 15 is 0 Å². The molecule has 0 bridgehead atoms. The van der Waals surface area contributed by atoms with Crippen molar-refractivity contribution in [3.8, 4) is 0 Å². The molecule has 0 radical (unpaired) electrons. The molecule has 1 aromatic rings. The van der Waals surface area contributed by atoms with Crippen molar-refractivity contribution < 1.29 is 0 Å². The van der Waals surface area contributed by atoms with Gasteiger partial charge in [-0.1, -0.05) is 12.1 Å². The first-order valence-corrected chi connectivity index (χ1v) is 5.25. The van der Waals surface area contributed by atoms with Crippen LogP contribution in [0.2, 0.25) is 0 Å². The molecule has 2 nitrogen and oxygen atoms in total. The molecule has 0 unspecified atom stereocenters. The fourth-order valence-corrected chi connectivity index (χ4v) is 1.44. The summed E-state index contributed by atoms with van der Waals surface area (Å²) in [4.78, 5) is 4.28. The number of nitrogens with zero attached hydrogens (tertiary/aromatic N) is 1. The molecule has 2 heteroatoms. The van der Waals surface area contributed by atoms with Crippen LogP contribution in [0.15, 0.2) is 24.4 Å². The number of hydrogen-bond donors (Lipinski definition) is 1. The second kappa shape index (κ2) is 5.44. The largest absolute Gasteiger partial charge is 0.310 e. The lowest BCUT2D eigenvalue weighted by atomic mass is 10.0. The van der Waals surface area contributed by atoms with E-state index in [0.29, 0.717) is 0 Å². The molecule has 1 heterocycles. The lowest BCUT2D eigenvalue weighted by Gasteiger charge is -2.06. The SMILES string of the molecule is C/C=C(\CCC(C)=N)c1ccc(C)nc1. The van der Waals surface area contributed by atoms with Gasteiger partial charge in [0.15, 0.2) is 0 Å². The van der Waals surface area contributed by atoms with Crippen molar-refractivity contribution in [2.45, 2.75) is 33.6 Å². The number of nitrogens with one attached hydrogen (secondary N) is 1. The Labute approximate surface area is 91.6 Å². The number of hydrogen-bond acceptors (Lipinski definition) is 2. The van der Waals surface area contributed by atoms with Gasteiger partial charge in [-0.2, -0.15) is 0 Å². The topological polar surface area (TPSA) is 36.7 Å². The molecule has 0 saturated carbocycles. The van der Waals surface area contributed by atoms with E-state index in [1.807, 2.05) is 33.0 Å². The van der Waals surface area contributed by atoms with E-state index in [1.165, 1.54) is 11.1 Å². The number of allylic oxidation sites excluding steroid dienone is 2. The Balaban J connectivity index is 2.75. The summed E-state index contributed by atoms with van der Waals surface area (Å²) in [5.74, 6) is 0. The summed E-state index contributed by atoms with van der Waals surface area (Å²) in [5.41, 5.74) is 4.21. The molecule has 0 saturated heterocycles. The normalized spacial score (nSPS) is 11.5. The molecule has 1 aromatic heterocycles. The molecular weight excluding hydrogens is 184 g/mol. The first-order chi connectivity index (χ1) is 7.13. The highest BCUT2D eigenvalue weighted by Crippen LogP contribution is 2.19. The van der Waals surface area contributed by atoms with Gasteiger partial charge in [-0.05, 0) is 50.8 Å². The average Bonchev–Trinajstić information content (AvgIpc) is 2.21. The van der Waals surface area contributed by atoms with Gasteiger partial charge in [-0.25, -0.2) is 0 Å². The molecule has 1 rings (SSSR count). The summed E-state index contributed by atoms with van der Waals surface area (Å²) in [6, 6.07) is 4.12. The van der Waals surface area contributed by atoms with Crippen LogP contribution in [0.5, 0.6) is 0 Å². The van der Waals surface area contributed by atoms with Crippen LogP contribution in [-0.4, -0.2) is 10.7 Å². The second-order valence-electron chi connectivity index (χ2n) is 3.78. The highest BCUT2D eigenvalue weighted by Gasteiger charge is 2.01. The maximum atomic E-state index is 7.42. The van der Waals surface area contributed by atoms with Crippen LogP contribution in [0.1, 0.15) is 37.9 Å². The highest BCUT2D eigenvalue weighted by molar-refractivity contribution is 5.80. The first-order valence-electron chi connectivity index (χ1n) is 5.25. The minimum absolute atomic E-state index is 0.731. The molecule has 0 aromatic carbocycles. The van der Waals surface area contributed by atoms with Crippen molar-refractivity contribution in [2.75, 3.05) is 0 Å². The monoisotopic (exact) mass is 202 g/mol. The minimum atomic E-state index is 0.731. The molecule has 0 aliphatic heterocycles. The molecule has 0 atom stereocenters. The summed E-state index contributed by atoms with van der Waals surface area (Å²) in [5, 5.41) is 7.42. The zero-order valence-electron chi connectivity index (χ0n) is 9.67. The Morgan fingerprint density at radius 2 is 2.13 bits per heavy atom. The van der Waals surface area contributed by atoms with E-state index in [-0.39, 0.29) is 0 Å². The summed E-state index contributed by atoms with van der Waals surface area (Å²) in [6.07, 6.45) is 5.77. The maximum absolute atomic E-state index is 7.42. The van der Waals surface area contributed by atoms with Crippen LogP contribution in [0.3, 0.4) is 0 Å². The average molecular weight is 202 g/mol. The van der Waals surface area contributed by atoms with Crippen LogP contribution in [-0.2, 0) is 0 Å². The molecule has 15 heavy (non-hydrogen) atoms. The number of pyridine rings is 1. The third kappa shape index (κ3) is 3.66. The molecule has 80 valence electrons. The van der Waals surface area contributed by atoms with Crippen molar-refractivity contribution in [3.05, 3.63) is 35.7 Å². The lowest BCUT2D eigenvalue weighted by molar-refractivity contribution is 1.08. The van der Waals surface area contributed by atoms with E-state index in [1.54, 1.807) is 0 Å². The predicted molar refractivity (Wildman–Crippen MR) is 65.3 cm³/mol. The van der Waals surface area contributed by atoms with Gasteiger partial charge in [0.05, 0.1) is 0 Å². The quantitative estimate of drug-likeness (QED) is 0.744. The zero-order chi connectivity index (χ0) is 11.3. The minimum Gasteiger partial charge on any atom is -0.310 e. The maximum Gasteiger partial charge on any atom is 0.0373 e. The van der Waals surface area contributed by atoms with Crippen LogP contribution < -0.4 is 0 Å². The summed E-state index contributed by atoms with van der Waals surface area (Å²) in [7, 11) is 0. The lowest BCUT2D eigenvalue weighted by Crippen LogP contribution is -1.92. The summed E-state index contributed by atoms with van der Waals surface area (Å²) in [6.45, 7) is 5.87. The third-order valence-electron chi connectivity index (χ3n) is 2.40. The summed E-state index contributed by atoms with van der Waals surface area (Å²) >= 11 is 0. The van der Waals surface area contributed by atoms with Gasteiger partial charge in [0.25, 0.3) is 0 Å². The molecular formula is C13H18N2. The van der Waals surface area contributed by atoms with Crippen molar-refractivity contribution in [2.24, 2.45) is 0 Å². The Morgan fingerprint density at radius 3 is 2.60 bits per heavy atom. The van der Waals surface area contributed by atoms with Gasteiger partial charge >= 0.3 is 0 Å². The molecule has 0 fully saturated rings. The van der Waals surface area contributed by atoms with E-state index in [0.717, 1.165) is 24.2 Å². The number of rotatable bonds is 4. The van der Waals surface area contributed by atoms with Crippen LogP contribution >= 0.6 is 0 Å². The summed E-state index contributed by atoms with van der Waals surface area (Å²) < 4.78 is 0. The molecule has 0 spiro atoms. The Bertz CT molecular complexity index is 361. The standard InChI is InChI=1S/C13H18N2/c1-4-12(7-5-10(2)14)13-8-6-11(3)15-9-13/h4,6,8-9,14H,5,7H2,1-3H3/b12-4+,14-10?. The Morgan fingerprint density at radius 1 is 1.40 bits per heavy atom. The highest BCUT2D eigenvalue weighted by atomic mass is 14.7. The van der Waals surface area contributed by atoms with Gasteiger partial charge < -0.3 is 5.41 Å².